The molecule has 24 heavy (non-hydrogen) atoms. The Morgan fingerprint density at radius 3 is 2.33 bits per heavy atom. The molecule has 1 aromatic heterocycles. The fraction of sp³-hybridized carbons (Fsp3) is 0.833. The second-order valence-corrected chi connectivity index (χ2v) is 9.37. The van der Waals surface area contributed by atoms with E-state index in [1.807, 2.05) is 4.90 Å². The smallest absolute Gasteiger partial charge is 0.277 e. The van der Waals surface area contributed by atoms with Crippen molar-refractivity contribution in [2.24, 2.45) is 17.8 Å². The lowest BCUT2D eigenvalue weighted by Gasteiger charge is -2.55. The summed E-state index contributed by atoms with van der Waals surface area (Å²) in [6.45, 7) is 1.81. The Hall–Kier alpha value is -1.04. The number of carbonyl (C=O) groups is 1. The molecule has 4 bridgehead atoms. The van der Waals surface area contributed by atoms with Crippen molar-refractivity contribution in [2.75, 3.05) is 18.8 Å². The Morgan fingerprint density at radius 2 is 1.71 bits per heavy atom. The minimum Gasteiger partial charge on any atom is -0.415 e. The number of nitrogens with zero attached hydrogens (tertiary/aromatic N) is 3. The molecular weight excluding hydrogens is 322 g/mol. The van der Waals surface area contributed by atoms with E-state index in [1.54, 1.807) is 0 Å². The van der Waals surface area contributed by atoms with Crippen LogP contribution in [0.25, 0.3) is 0 Å². The Bertz CT molecular complexity index is 603. The van der Waals surface area contributed by atoms with Crippen molar-refractivity contribution in [3.63, 3.8) is 0 Å². The number of carbonyl (C=O) groups excluding carboxylic acids is 1. The highest BCUT2D eigenvalue weighted by atomic mass is 32.2. The largest absolute Gasteiger partial charge is 0.415 e. The molecule has 0 unspecified atom stereocenters. The van der Waals surface area contributed by atoms with Crippen LogP contribution < -0.4 is 0 Å². The van der Waals surface area contributed by atoms with Gasteiger partial charge in [0, 0.05) is 18.5 Å². The van der Waals surface area contributed by atoms with E-state index in [9.17, 15) is 4.79 Å². The average Bonchev–Trinajstić information content (AvgIpc) is 3.23. The molecule has 130 valence electrons. The minimum atomic E-state index is 0.152. The molecule has 0 spiro atoms. The summed E-state index contributed by atoms with van der Waals surface area (Å²) in [6, 6.07) is 0. The van der Waals surface area contributed by atoms with Gasteiger partial charge < -0.3 is 9.32 Å². The van der Waals surface area contributed by atoms with Gasteiger partial charge in [-0.25, -0.2) is 0 Å². The maximum absolute atomic E-state index is 12.2. The molecule has 5 nitrogen and oxygen atoms in total. The van der Waals surface area contributed by atoms with Crippen molar-refractivity contribution >= 4 is 17.7 Å². The van der Waals surface area contributed by atoms with Gasteiger partial charge in [0.25, 0.3) is 5.22 Å². The summed E-state index contributed by atoms with van der Waals surface area (Å²) in [5.74, 6) is 4.09. The second-order valence-electron chi connectivity index (χ2n) is 8.45. The fourth-order valence-corrected chi connectivity index (χ4v) is 6.70. The highest BCUT2D eigenvalue weighted by Crippen LogP contribution is 2.60. The van der Waals surface area contributed by atoms with E-state index in [1.165, 1.54) is 50.3 Å². The topological polar surface area (TPSA) is 59.2 Å². The zero-order chi connectivity index (χ0) is 16.1. The predicted octanol–water partition coefficient (Wildman–Crippen LogP) is 3.25. The SMILES string of the molecule is O=C(CSc1nnc(C23CC4CC(CC(C4)C2)C3)o1)N1CCCC1. The van der Waals surface area contributed by atoms with E-state index >= 15 is 0 Å². The van der Waals surface area contributed by atoms with E-state index in [2.05, 4.69) is 10.2 Å². The molecule has 2 heterocycles. The van der Waals surface area contributed by atoms with Gasteiger partial charge in [-0.15, -0.1) is 10.2 Å². The van der Waals surface area contributed by atoms with Crippen molar-refractivity contribution in [1.29, 1.82) is 0 Å². The van der Waals surface area contributed by atoms with Gasteiger partial charge in [-0.1, -0.05) is 11.8 Å². The first-order valence-corrected chi connectivity index (χ1v) is 10.4. The summed E-state index contributed by atoms with van der Waals surface area (Å²) in [7, 11) is 0. The Labute approximate surface area is 146 Å². The summed E-state index contributed by atoms with van der Waals surface area (Å²) < 4.78 is 6.05. The third-order valence-corrected chi connectivity index (χ3v) is 7.48. The summed E-state index contributed by atoms with van der Waals surface area (Å²) >= 11 is 1.41. The van der Waals surface area contributed by atoms with Crippen LogP contribution in [0.5, 0.6) is 0 Å². The highest BCUT2D eigenvalue weighted by molar-refractivity contribution is 7.99. The van der Waals surface area contributed by atoms with Crippen LogP contribution in [-0.2, 0) is 10.2 Å². The quantitative estimate of drug-likeness (QED) is 0.783. The van der Waals surface area contributed by atoms with Gasteiger partial charge in [0.2, 0.25) is 11.8 Å². The highest BCUT2D eigenvalue weighted by Gasteiger charge is 2.54. The van der Waals surface area contributed by atoms with Gasteiger partial charge in [-0.3, -0.25) is 4.79 Å². The number of aromatic nitrogens is 2. The Morgan fingerprint density at radius 1 is 1.08 bits per heavy atom. The number of rotatable bonds is 4. The zero-order valence-corrected chi connectivity index (χ0v) is 14.9. The van der Waals surface area contributed by atoms with Crippen LogP contribution in [-0.4, -0.2) is 39.8 Å². The maximum Gasteiger partial charge on any atom is 0.277 e. The first-order chi connectivity index (χ1) is 11.7. The first-order valence-electron chi connectivity index (χ1n) is 9.45. The molecule has 1 aromatic rings. The lowest BCUT2D eigenvalue weighted by Crippen LogP contribution is -2.48. The van der Waals surface area contributed by atoms with E-state index < -0.39 is 0 Å². The number of thioether (sulfide) groups is 1. The van der Waals surface area contributed by atoms with Crippen LogP contribution >= 0.6 is 11.8 Å². The molecule has 0 N–H and O–H groups in total. The normalized spacial score (nSPS) is 37.3. The number of amides is 1. The van der Waals surface area contributed by atoms with Gasteiger partial charge in [0.1, 0.15) is 0 Å². The van der Waals surface area contributed by atoms with E-state index in [0.717, 1.165) is 49.6 Å². The molecule has 1 aliphatic heterocycles. The molecule has 1 saturated heterocycles. The lowest BCUT2D eigenvalue weighted by molar-refractivity contribution is -0.127. The Kier molecular flexibility index (Phi) is 3.65. The van der Waals surface area contributed by atoms with Crippen LogP contribution in [0.1, 0.15) is 57.3 Å². The van der Waals surface area contributed by atoms with Gasteiger partial charge in [-0.05, 0) is 69.1 Å². The third-order valence-electron chi connectivity index (χ3n) is 6.68. The van der Waals surface area contributed by atoms with Gasteiger partial charge in [0.15, 0.2) is 0 Å². The van der Waals surface area contributed by atoms with E-state index in [4.69, 9.17) is 4.42 Å². The van der Waals surface area contributed by atoms with Crippen molar-refractivity contribution < 1.29 is 9.21 Å². The third kappa shape index (κ3) is 2.57. The van der Waals surface area contributed by atoms with Crippen LogP contribution in [0.4, 0.5) is 0 Å². The molecule has 4 aliphatic carbocycles. The molecule has 5 aliphatic rings. The Balaban J connectivity index is 1.27. The molecule has 5 fully saturated rings. The fourth-order valence-electron chi connectivity index (χ4n) is 6.04. The van der Waals surface area contributed by atoms with Crippen LogP contribution in [0.2, 0.25) is 0 Å². The molecule has 0 atom stereocenters. The molecule has 6 rings (SSSR count). The van der Waals surface area contributed by atoms with Crippen LogP contribution in [0.15, 0.2) is 9.64 Å². The van der Waals surface area contributed by atoms with Crippen molar-refractivity contribution in [2.45, 2.75) is 62.0 Å². The first kappa shape index (κ1) is 15.2. The minimum absolute atomic E-state index is 0.152. The molecule has 1 amide bonds. The predicted molar refractivity (Wildman–Crippen MR) is 90.7 cm³/mol. The van der Waals surface area contributed by atoms with Gasteiger partial charge >= 0.3 is 0 Å². The second kappa shape index (κ2) is 5.75. The van der Waals surface area contributed by atoms with Crippen molar-refractivity contribution in [3.8, 4) is 0 Å². The zero-order valence-electron chi connectivity index (χ0n) is 14.1. The summed E-state index contributed by atoms with van der Waals surface area (Å²) in [5, 5.41) is 9.24. The molecule has 0 radical (unpaired) electrons. The standard InChI is InChI=1S/C18H25N3O2S/c22-15(21-3-1-2-4-21)11-24-17-20-19-16(23-17)18-8-12-5-13(9-18)7-14(6-12)10-18/h12-14H,1-11H2. The van der Waals surface area contributed by atoms with E-state index in [-0.39, 0.29) is 11.3 Å². The number of likely N-dealkylation sites (tertiary alicyclic amines) is 1. The summed E-state index contributed by atoms with van der Waals surface area (Å²) in [4.78, 5) is 14.1. The summed E-state index contributed by atoms with van der Waals surface area (Å²) in [5.41, 5.74) is 0.152. The van der Waals surface area contributed by atoms with Gasteiger partial charge in [0.05, 0.1) is 5.75 Å². The summed E-state index contributed by atoms with van der Waals surface area (Å²) in [6.07, 6.45) is 10.2. The maximum atomic E-state index is 12.2. The lowest BCUT2D eigenvalue weighted by atomic mass is 9.49. The molecule has 6 heteroatoms. The van der Waals surface area contributed by atoms with Gasteiger partial charge in [-0.2, -0.15) is 0 Å². The van der Waals surface area contributed by atoms with Crippen LogP contribution in [0.3, 0.4) is 0 Å². The number of hydrogen-bond acceptors (Lipinski definition) is 5. The molecule has 4 saturated carbocycles. The van der Waals surface area contributed by atoms with E-state index in [0.29, 0.717) is 11.0 Å². The van der Waals surface area contributed by atoms with Crippen molar-refractivity contribution in [3.05, 3.63) is 5.89 Å². The average molecular weight is 347 g/mol. The molecular formula is C18H25N3O2S. The molecule has 0 aromatic carbocycles. The number of hydrogen-bond donors (Lipinski definition) is 0. The van der Waals surface area contributed by atoms with Crippen LogP contribution in [0, 0.1) is 17.8 Å². The monoisotopic (exact) mass is 347 g/mol. The van der Waals surface area contributed by atoms with Crippen molar-refractivity contribution in [1.82, 2.24) is 15.1 Å².